The average molecular weight is 359 g/mol. The van der Waals surface area contributed by atoms with E-state index in [1.165, 1.54) is 23.9 Å². The monoisotopic (exact) mass is 359 g/mol. The molecule has 1 heterocycles. The number of benzene rings is 2. The number of rotatable bonds is 5. The lowest BCUT2D eigenvalue weighted by molar-refractivity contribution is -0.119. The molecule has 0 radical (unpaired) electrons. The largest absolute Gasteiger partial charge is 0.487 e. The highest BCUT2D eigenvalue weighted by atomic mass is 32.2. The molecule has 0 saturated carbocycles. The zero-order valence-electron chi connectivity index (χ0n) is 14.4. The molecule has 0 saturated heterocycles. The Kier molecular flexibility index (Phi) is 5.33. The molecule has 2 aromatic rings. The highest BCUT2D eigenvalue weighted by Crippen LogP contribution is 2.39. The van der Waals surface area contributed by atoms with E-state index >= 15 is 0 Å². The zero-order valence-corrected chi connectivity index (χ0v) is 15.2. The minimum atomic E-state index is -0.312. The Morgan fingerprint density at radius 2 is 1.96 bits per heavy atom. The smallest absolute Gasteiger partial charge is 0.230 e. The van der Waals surface area contributed by atoms with Crippen LogP contribution in [0.3, 0.4) is 0 Å². The number of hydrogen-bond donors (Lipinski definition) is 1. The number of thioether (sulfide) groups is 1. The fourth-order valence-electron chi connectivity index (χ4n) is 3.01. The lowest BCUT2D eigenvalue weighted by Crippen LogP contribution is -2.41. The Hall–Kier alpha value is -2.01. The van der Waals surface area contributed by atoms with E-state index in [9.17, 15) is 9.18 Å². The molecule has 132 valence electrons. The van der Waals surface area contributed by atoms with Gasteiger partial charge in [-0.15, -0.1) is 11.8 Å². The first-order chi connectivity index (χ1) is 11.9. The molecule has 2 aromatic carbocycles. The minimum absolute atomic E-state index is 0.00427. The van der Waals surface area contributed by atoms with Crippen LogP contribution in [0.5, 0.6) is 5.75 Å². The summed E-state index contributed by atoms with van der Waals surface area (Å²) in [4.78, 5) is 12.3. The Morgan fingerprint density at radius 3 is 2.72 bits per heavy atom. The van der Waals surface area contributed by atoms with Gasteiger partial charge in [0.25, 0.3) is 0 Å². The number of amides is 1. The van der Waals surface area contributed by atoms with Gasteiger partial charge >= 0.3 is 0 Å². The molecule has 0 bridgehead atoms. The number of ether oxygens (including phenoxy) is 1. The van der Waals surface area contributed by atoms with Gasteiger partial charge in [-0.25, -0.2) is 4.39 Å². The number of halogens is 1. The second-order valence-corrected chi connectivity index (χ2v) is 7.83. The van der Waals surface area contributed by atoms with Gasteiger partial charge in [0.2, 0.25) is 5.91 Å². The van der Waals surface area contributed by atoms with Crippen LogP contribution in [0.25, 0.3) is 0 Å². The van der Waals surface area contributed by atoms with Gasteiger partial charge in [-0.1, -0.05) is 30.3 Å². The van der Waals surface area contributed by atoms with E-state index in [4.69, 9.17) is 4.74 Å². The number of hydrogen-bond acceptors (Lipinski definition) is 3. The van der Waals surface area contributed by atoms with E-state index in [-0.39, 0.29) is 23.4 Å². The van der Waals surface area contributed by atoms with E-state index in [1.807, 2.05) is 38.1 Å². The van der Waals surface area contributed by atoms with Crippen LogP contribution in [0.15, 0.2) is 48.5 Å². The van der Waals surface area contributed by atoms with Crippen LogP contribution in [-0.4, -0.2) is 17.3 Å². The van der Waals surface area contributed by atoms with Gasteiger partial charge in [0.1, 0.15) is 17.2 Å². The van der Waals surface area contributed by atoms with Gasteiger partial charge in [-0.3, -0.25) is 4.79 Å². The van der Waals surface area contributed by atoms with Crippen molar-refractivity contribution < 1.29 is 13.9 Å². The first-order valence-corrected chi connectivity index (χ1v) is 9.48. The molecule has 0 fully saturated rings. The summed E-state index contributed by atoms with van der Waals surface area (Å²) in [7, 11) is 0. The third-order valence-corrected chi connectivity index (χ3v) is 5.13. The number of nitrogens with one attached hydrogen (secondary N) is 1. The molecule has 3 nitrogen and oxygen atoms in total. The van der Waals surface area contributed by atoms with Crippen molar-refractivity contribution in [2.45, 2.75) is 37.7 Å². The van der Waals surface area contributed by atoms with Crippen molar-refractivity contribution in [3.8, 4) is 5.75 Å². The lowest BCUT2D eigenvalue weighted by Gasteiger charge is -2.37. The average Bonchev–Trinajstić information content (AvgIpc) is 2.55. The van der Waals surface area contributed by atoms with Crippen molar-refractivity contribution in [2.24, 2.45) is 0 Å². The van der Waals surface area contributed by atoms with Crippen molar-refractivity contribution in [3.63, 3.8) is 0 Å². The van der Waals surface area contributed by atoms with Crippen LogP contribution in [-0.2, 0) is 10.5 Å². The summed E-state index contributed by atoms with van der Waals surface area (Å²) in [5, 5.41) is 3.13. The van der Waals surface area contributed by atoms with E-state index in [0.29, 0.717) is 11.5 Å². The summed E-state index contributed by atoms with van der Waals surface area (Å²) < 4.78 is 18.9. The van der Waals surface area contributed by atoms with Crippen molar-refractivity contribution >= 4 is 17.7 Å². The van der Waals surface area contributed by atoms with Gasteiger partial charge in [-0.05, 0) is 37.6 Å². The molecule has 1 N–H and O–H groups in total. The number of carbonyl (C=O) groups excluding carboxylic acids is 1. The Labute approximate surface area is 152 Å². The molecular weight excluding hydrogens is 337 g/mol. The minimum Gasteiger partial charge on any atom is -0.487 e. The second kappa shape index (κ2) is 7.48. The van der Waals surface area contributed by atoms with Gasteiger partial charge in [0, 0.05) is 17.7 Å². The normalized spacial score (nSPS) is 18.1. The predicted molar refractivity (Wildman–Crippen MR) is 99.2 cm³/mol. The molecule has 1 atom stereocenters. The summed E-state index contributed by atoms with van der Waals surface area (Å²) in [6.07, 6.45) is 0.735. The molecule has 5 heteroatoms. The van der Waals surface area contributed by atoms with Crippen LogP contribution in [0.2, 0.25) is 0 Å². The third kappa shape index (κ3) is 4.75. The van der Waals surface area contributed by atoms with Crippen LogP contribution in [0.1, 0.15) is 37.4 Å². The fourth-order valence-corrected chi connectivity index (χ4v) is 3.81. The van der Waals surface area contributed by atoms with Crippen molar-refractivity contribution in [2.75, 3.05) is 5.75 Å². The molecule has 25 heavy (non-hydrogen) atoms. The van der Waals surface area contributed by atoms with E-state index in [1.54, 1.807) is 12.1 Å². The van der Waals surface area contributed by atoms with E-state index in [2.05, 4.69) is 5.32 Å². The zero-order chi connectivity index (χ0) is 17.9. The molecule has 3 rings (SSSR count). The molecular formula is C20H22FNO2S. The van der Waals surface area contributed by atoms with Crippen LogP contribution in [0, 0.1) is 5.82 Å². The first kappa shape index (κ1) is 17.8. The highest BCUT2D eigenvalue weighted by molar-refractivity contribution is 7.99. The highest BCUT2D eigenvalue weighted by Gasteiger charge is 2.34. The molecule has 0 spiro atoms. The summed E-state index contributed by atoms with van der Waals surface area (Å²) in [5.41, 5.74) is 1.73. The Morgan fingerprint density at radius 1 is 1.24 bits per heavy atom. The standard InChI is InChI=1S/C20H22FNO2S/c1-20(2)11-17(16-5-3-4-6-18(16)24-20)22-19(23)13-25-12-14-7-9-15(21)10-8-14/h3-10,17H,11-13H2,1-2H3,(H,22,23). The van der Waals surface area contributed by atoms with E-state index in [0.717, 1.165) is 23.3 Å². The quantitative estimate of drug-likeness (QED) is 0.855. The second-order valence-electron chi connectivity index (χ2n) is 6.84. The molecule has 1 aliphatic rings. The van der Waals surface area contributed by atoms with Gasteiger partial charge in [0.05, 0.1) is 11.8 Å². The topological polar surface area (TPSA) is 38.3 Å². The summed E-state index contributed by atoms with van der Waals surface area (Å²) in [5.74, 6) is 1.65. The summed E-state index contributed by atoms with van der Waals surface area (Å²) in [6.45, 7) is 4.07. The Bertz CT molecular complexity index is 746. The van der Waals surface area contributed by atoms with Gasteiger partial charge < -0.3 is 10.1 Å². The van der Waals surface area contributed by atoms with Crippen LogP contribution < -0.4 is 10.1 Å². The fraction of sp³-hybridized carbons (Fsp3) is 0.350. The lowest BCUT2D eigenvalue weighted by atomic mass is 9.90. The molecule has 1 unspecified atom stereocenters. The van der Waals surface area contributed by atoms with Crippen molar-refractivity contribution in [1.82, 2.24) is 5.32 Å². The summed E-state index contributed by atoms with van der Waals surface area (Å²) in [6, 6.07) is 14.2. The maximum absolute atomic E-state index is 12.9. The predicted octanol–water partition coefficient (Wildman–Crippen LogP) is 4.48. The maximum atomic E-state index is 12.9. The number of carbonyl (C=O) groups is 1. The van der Waals surface area contributed by atoms with Gasteiger partial charge in [-0.2, -0.15) is 0 Å². The van der Waals surface area contributed by atoms with Crippen molar-refractivity contribution in [1.29, 1.82) is 0 Å². The molecule has 0 aliphatic carbocycles. The van der Waals surface area contributed by atoms with Crippen LogP contribution in [0.4, 0.5) is 4.39 Å². The third-order valence-electron chi connectivity index (χ3n) is 4.13. The van der Waals surface area contributed by atoms with Crippen LogP contribution >= 0.6 is 11.8 Å². The number of fused-ring (bicyclic) bond motifs is 1. The SMILES string of the molecule is CC1(C)CC(NC(=O)CSCc2ccc(F)cc2)c2ccccc2O1. The van der Waals surface area contributed by atoms with Gasteiger partial charge in [0.15, 0.2) is 0 Å². The first-order valence-electron chi connectivity index (χ1n) is 8.32. The molecule has 0 aromatic heterocycles. The molecule has 1 aliphatic heterocycles. The Balaban J connectivity index is 1.56. The maximum Gasteiger partial charge on any atom is 0.230 e. The molecule has 1 amide bonds. The summed E-state index contributed by atoms with van der Waals surface area (Å²) >= 11 is 1.52. The van der Waals surface area contributed by atoms with E-state index < -0.39 is 0 Å². The number of para-hydroxylation sites is 1. The van der Waals surface area contributed by atoms with Crippen molar-refractivity contribution in [3.05, 3.63) is 65.5 Å².